The van der Waals surface area contributed by atoms with Crippen LogP contribution in [-0.2, 0) is 16.2 Å². The Morgan fingerprint density at radius 1 is 0.854 bits per heavy atom. The van der Waals surface area contributed by atoms with Gasteiger partial charge < -0.3 is 20.7 Å². The number of thioether (sulfide) groups is 1. The lowest BCUT2D eigenvalue weighted by Gasteiger charge is -2.16. The average molecular weight is 677 g/mol. The fourth-order valence-electron chi connectivity index (χ4n) is 4.50. The third-order valence-corrected chi connectivity index (χ3v) is 8.56. The first kappa shape index (κ1) is 34.0. The molecule has 242 valence electrons. The number of carbonyl (C=O) groups is 3. The lowest BCUT2D eigenvalue weighted by atomic mass is 10.1. The topological polar surface area (TPSA) is 109 Å². The highest BCUT2D eigenvalue weighted by atomic mass is 35.5. The van der Waals surface area contributed by atoms with Crippen LogP contribution >= 0.6 is 23.4 Å². The Morgan fingerprint density at radius 3 is 2.27 bits per heavy atom. The van der Waals surface area contributed by atoms with Gasteiger partial charge >= 0.3 is 0 Å². The summed E-state index contributed by atoms with van der Waals surface area (Å²) in [4.78, 5) is 44.6. The SMILES string of the molecule is CCC(Sc1cccc(NC(=O)/C(=C/c2ccc(OCc3ccccc3)cc2)NC(=O)c2ccccc2)c1)C(=O)Nc1ccc(Cl)cn1. The number of anilines is 2. The highest BCUT2D eigenvalue weighted by Gasteiger charge is 2.20. The molecule has 3 N–H and O–H groups in total. The van der Waals surface area contributed by atoms with Crippen LogP contribution in [0.2, 0.25) is 5.02 Å². The van der Waals surface area contributed by atoms with E-state index in [1.165, 1.54) is 18.0 Å². The number of halogens is 1. The highest BCUT2D eigenvalue weighted by Crippen LogP contribution is 2.29. The number of aromatic nitrogens is 1. The van der Waals surface area contributed by atoms with Gasteiger partial charge in [0.15, 0.2) is 0 Å². The largest absolute Gasteiger partial charge is 0.489 e. The van der Waals surface area contributed by atoms with Gasteiger partial charge in [-0.1, -0.05) is 85.3 Å². The molecule has 0 bridgehead atoms. The number of nitrogens with zero attached hydrogens (tertiary/aromatic N) is 1. The molecule has 0 saturated heterocycles. The Balaban J connectivity index is 1.29. The summed E-state index contributed by atoms with van der Waals surface area (Å²) in [5.74, 6) is -0.0403. The van der Waals surface area contributed by atoms with Crippen molar-refractivity contribution in [3.63, 3.8) is 0 Å². The van der Waals surface area contributed by atoms with Crippen LogP contribution in [0.15, 0.2) is 138 Å². The van der Waals surface area contributed by atoms with Gasteiger partial charge in [-0.05, 0) is 78.2 Å². The van der Waals surface area contributed by atoms with E-state index in [-0.39, 0.29) is 11.6 Å². The molecule has 8 nitrogen and oxygen atoms in total. The van der Waals surface area contributed by atoms with E-state index < -0.39 is 17.1 Å². The number of pyridine rings is 1. The van der Waals surface area contributed by atoms with Gasteiger partial charge in [0.1, 0.15) is 23.9 Å². The molecule has 0 spiro atoms. The van der Waals surface area contributed by atoms with Gasteiger partial charge in [-0.2, -0.15) is 0 Å². The molecular formula is C38H33ClN4O4S. The summed E-state index contributed by atoms with van der Waals surface area (Å²) in [6.07, 6.45) is 3.65. The molecule has 10 heteroatoms. The Morgan fingerprint density at radius 2 is 1.58 bits per heavy atom. The fourth-order valence-corrected chi connectivity index (χ4v) is 5.62. The molecule has 1 aromatic heterocycles. The zero-order valence-electron chi connectivity index (χ0n) is 26.1. The van der Waals surface area contributed by atoms with Crippen molar-refractivity contribution in [2.75, 3.05) is 10.6 Å². The second-order valence-corrected chi connectivity index (χ2v) is 12.3. The summed E-state index contributed by atoms with van der Waals surface area (Å²) in [5.41, 5.74) is 2.72. The second kappa shape index (κ2) is 17.0. The van der Waals surface area contributed by atoms with Crippen LogP contribution < -0.4 is 20.7 Å². The number of amides is 3. The van der Waals surface area contributed by atoms with Crippen LogP contribution in [0.25, 0.3) is 6.08 Å². The number of rotatable bonds is 13. The van der Waals surface area contributed by atoms with Crippen molar-refractivity contribution >= 4 is 58.7 Å². The zero-order chi connectivity index (χ0) is 33.7. The summed E-state index contributed by atoms with van der Waals surface area (Å²) in [5, 5.41) is 8.55. The van der Waals surface area contributed by atoms with Crippen LogP contribution in [0.3, 0.4) is 0 Å². The fraction of sp³-hybridized carbons (Fsp3) is 0.105. The maximum Gasteiger partial charge on any atom is 0.272 e. The molecule has 0 aliphatic heterocycles. The maximum atomic E-state index is 13.6. The van der Waals surface area contributed by atoms with Gasteiger partial charge in [0.25, 0.3) is 11.8 Å². The van der Waals surface area contributed by atoms with E-state index in [1.54, 1.807) is 60.7 Å². The summed E-state index contributed by atoms with van der Waals surface area (Å²) >= 11 is 7.27. The van der Waals surface area contributed by atoms with Crippen molar-refractivity contribution in [1.82, 2.24) is 10.3 Å². The minimum Gasteiger partial charge on any atom is -0.489 e. The zero-order valence-corrected chi connectivity index (χ0v) is 27.6. The highest BCUT2D eigenvalue weighted by molar-refractivity contribution is 8.00. The molecule has 4 aromatic carbocycles. The van der Waals surface area contributed by atoms with Crippen molar-refractivity contribution in [3.05, 3.63) is 155 Å². The van der Waals surface area contributed by atoms with Crippen LogP contribution in [0.4, 0.5) is 11.5 Å². The summed E-state index contributed by atoms with van der Waals surface area (Å²) in [6.45, 7) is 2.35. The van der Waals surface area contributed by atoms with E-state index in [0.29, 0.717) is 46.4 Å². The lowest BCUT2D eigenvalue weighted by molar-refractivity contribution is -0.116. The Labute approximate surface area is 288 Å². The van der Waals surface area contributed by atoms with Crippen molar-refractivity contribution in [1.29, 1.82) is 0 Å². The average Bonchev–Trinajstić information content (AvgIpc) is 3.12. The molecule has 1 unspecified atom stereocenters. The minimum atomic E-state index is -0.510. The van der Waals surface area contributed by atoms with Crippen LogP contribution in [0, 0.1) is 0 Å². The predicted molar refractivity (Wildman–Crippen MR) is 192 cm³/mol. The molecule has 0 fully saturated rings. The van der Waals surface area contributed by atoms with E-state index in [0.717, 1.165) is 10.5 Å². The summed E-state index contributed by atoms with van der Waals surface area (Å²) in [7, 11) is 0. The number of nitrogens with one attached hydrogen (secondary N) is 3. The number of benzene rings is 4. The number of carbonyl (C=O) groups excluding carboxylic acids is 3. The molecular weight excluding hydrogens is 644 g/mol. The van der Waals surface area contributed by atoms with Gasteiger partial charge in [-0.3, -0.25) is 14.4 Å². The van der Waals surface area contributed by atoms with E-state index in [4.69, 9.17) is 16.3 Å². The first-order valence-corrected chi connectivity index (χ1v) is 16.5. The van der Waals surface area contributed by atoms with Crippen LogP contribution in [-0.4, -0.2) is 28.0 Å². The number of hydrogen-bond acceptors (Lipinski definition) is 6. The van der Waals surface area contributed by atoms with Crippen LogP contribution in [0.5, 0.6) is 5.75 Å². The number of hydrogen-bond donors (Lipinski definition) is 3. The normalized spacial score (nSPS) is 11.7. The third kappa shape index (κ3) is 10.1. The minimum absolute atomic E-state index is 0.0566. The molecule has 5 rings (SSSR count). The van der Waals surface area contributed by atoms with Crippen molar-refractivity contribution < 1.29 is 19.1 Å². The monoisotopic (exact) mass is 676 g/mol. The molecule has 48 heavy (non-hydrogen) atoms. The molecule has 5 aromatic rings. The quantitative estimate of drug-likeness (QED) is 0.0856. The maximum absolute atomic E-state index is 13.6. The molecule has 0 aliphatic rings. The molecule has 1 heterocycles. The third-order valence-electron chi connectivity index (χ3n) is 6.98. The summed E-state index contributed by atoms with van der Waals surface area (Å²) < 4.78 is 5.89. The van der Waals surface area contributed by atoms with Gasteiger partial charge in [0, 0.05) is 22.3 Å². The van der Waals surface area contributed by atoms with E-state index >= 15 is 0 Å². The Kier molecular flexibility index (Phi) is 12.0. The summed E-state index contributed by atoms with van der Waals surface area (Å²) in [6, 6.07) is 36.3. The standard InChI is InChI=1S/C38H33ClN4O4S/c1-2-34(38(46)43-35-21-18-29(39)24-40-35)48-32-15-9-14-30(23-32)41-37(45)33(42-36(44)28-12-7-4-8-13-28)22-26-16-19-31(20-17-26)47-25-27-10-5-3-6-11-27/h3-24,34H,2,25H2,1H3,(H,41,45)(H,42,44)(H,40,43,46)/b33-22-. The molecule has 1 atom stereocenters. The van der Waals surface area contributed by atoms with Gasteiger partial charge in [0.05, 0.1) is 10.3 Å². The van der Waals surface area contributed by atoms with Gasteiger partial charge in [0.2, 0.25) is 5.91 Å². The second-order valence-electron chi connectivity index (χ2n) is 10.6. The molecule has 0 saturated carbocycles. The van der Waals surface area contributed by atoms with E-state index in [9.17, 15) is 14.4 Å². The van der Waals surface area contributed by atoms with E-state index in [1.807, 2.05) is 73.7 Å². The van der Waals surface area contributed by atoms with Crippen molar-refractivity contribution in [3.8, 4) is 5.75 Å². The smallest absolute Gasteiger partial charge is 0.272 e. The predicted octanol–water partition coefficient (Wildman–Crippen LogP) is 8.23. The first-order valence-electron chi connectivity index (χ1n) is 15.2. The van der Waals surface area contributed by atoms with E-state index in [2.05, 4.69) is 20.9 Å². The van der Waals surface area contributed by atoms with Gasteiger partial charge in [-0.25, -0.2) is 4.98 Å². The molecule has 0 aliphatic carbocycles. The van der Waals surface area contributed by atoms with Crippen LogP contribution in [0.1, 0.15) is 34.8 Å². The number of ether oxygens (including phenoxy) is 1. The first-order chi connectivity index (χ1) is 23.4. The lowest BCUT2D eigenvalue weighted by Crippen LogP contribution is -2.30. The van der Waals surface area contributed by atoms with Gasteiger partial charge in [-0.15, -0.1) is 11.8 Å². The molecule has 0 radical (unpaired) electrons. The molecule has 3 amide bonds. The van der Waals surface area contributed by atoms with Crippen molar-refractivity contribution in [2.24, 2.45) is 0 Å². The Hall–Kier alpha value is -5.38. The van der Waals surface area contributed by atoms with Crippen molar-refractivity contribution in [2.45, 2.75) is 30.1 Å². The Bertz CT molecular complexity index is 1870.